The molecular formula is C64H42B2N6O2. The minimum atomic E-state index is -0.579. The molecule has 0 amide bonds. The third-order valence-corrected chi connectivity index (χ3v) is 13.8. The number of rotatable bonds is 10. The Morgan fingerprint density at radius 2 is 0.676 bits per heavy atom. The van der Waals surface area contributed by atoms with Gasteiger partial charge in [0.15, 0.2) is 0 Å². The average Bonchev–Trinajstić information content (AvgIpc) is 3.98. The molecule has 0 aliphatic rings. The van der Waals surface area contributed by atoms with E-state index in [9.17, 15) is 20.7 Å². The number of fused-ring (bicyclic) bond motifs is 3. The highest BCUT2D eigenvalue weighted by molar-refractivity contribution is 6.85. The van der Waals surface area contributed by atoms with Gasteiger partial charge in [-0.05, 0) is 83.9 Å². The van der Waals surface area contributed by atoms with E-state index in [-0.39, 0.29) is 11.5 Å². The summed E-state index contributed by atoms with van der Waals surface area (Å²) in [5.41, 5.74) is 9.51. The molecule has 0 spiro atoms. The largest absolute Gasteiger partial charge is 0.508 e. The van der Waals surface area contributed by atoms with Crippen molar-refractivity contribution in [1.82, 2.24) is 18.9 Å². The predicted molar refractivity (Wildman–Crippen MR) is 300 cm³/mol. The van der Waals surface area contributed by atoms with Crippen LogP contribution in [0.15, 0.2) is 243 Å². The average molecular weight is 949 g/mol. The van der Waals surface area contributed by atoms with Crippen LogP contribution in [0.2, 0.25) is 0 Å². The minimum absolute atomic E-state index is 0.0797. The standard InChI is InChI=1S/C64H42B2N6O2/c67-41-53(57-39-33-43-17-13-15-27-55(43)69-57)63-60-59(61(45-29-35-51(73)36-30-45)71(63)65(47-19-5-1-6-20-47)48-21-7-2-8-22-48)64(54(42-68)58-40-34-44-18-14-16-28-56(44)70-58)72(62(60)46-31-37-52(74)38-32-46)66(49-23-9-3-10-24-49)50-25-11-4-12-26-50/h1-40,73-74H/b63-53-,64-54-. The fourth-order valence-electron chi connectivity index (χ4n) is 10.6. The maximum absolute atomic E-state index is 12.1. The van der Waals surface area contributed by atoms with E-state index in [0.717, 1.165) is 54.8 Å². The Labute approximate surface area is 427 Å². The topological polar surface area (TPSA) is 124 Å². The second kappa shape index (κ2) is 19.2. The summed E-state index contributed by atoms with van der Waals surface area (Å²) in [6.45, 7) is -1.16. The molecule has 0 unspecified atom stereocenters. The molecule has 2 N–H and O–H groups in total. The van der Waals surface area contributed by atoms with Crippen LogP contribution in [-0.2, 0) is 0 Å². The number of nitriles is 2. The van der Waals surface area contributed by atoms with E-state index in [1.807, 2.05) is 170 Å². The van der Waals surface area contributed by atoms with Crippen LogP contribution >= 0.6 is 0 Å². The lowest BCUT2D eigenvalue weighted by atomic mass is 9.50. The molecule has 0 radical (unpaired) electrons. The van der Waals surface area contributed by atoms with Gasteiger partial charge in [-0.25, -0.2) is 9.97 Å². The molecule has 4 aromatic heterocycles. The van der Waals surface area contributed by atoms with Crippen molar-refractivity contribution in [2.24, 2.45) is 0 Å². The van der Waals surface area contributed by atoms with Crippen molar-refractivity contribution in [3.8, 4) is 46.2 Å². The van der Waals surface area contributed by atoms with Crippen LogP contribution in [0.4, 0.5) is 0 Å². The first kappa shape index (κ1) is 45.0. The van der Waals surface area contributed by atoms with E-state index in [1.165, 1.54) is 0 Å². The highest BCUT2D eigenvalue weighted by atomic mass is 16.3. The molecule has 74 heavy (non-hydrogen) atoms. The number of hydrogen-bond acceptors (Lipinski definition) is 6. The normalized spacial score (nSPS) is 12.0. The van der Waals surface area contributed by atoms with E-state index < -0.39 is 13.7 Å². The molecule has 8 aromatic carbocycles. The van der Waals surface area contributed by atoms with Gasteiger partial charge in [-0.3, -0.25) is 0 Å². The summed E-state index contributed by atoms with van der Waals surface area (Å²) < 4.78 is 4.50. The van der Waals surface area contributed by atoms with Crippen molar-refractivity contribution >= 4 is 79.3 Å². The molecule has 0 aliphatic carbocycles. The summed E-state index contributed by atoms with van der Waals surface area (Å²) >= 11 is 0. The highest BCUT2D eigenvalue weighted by Gasteiger charge is 2.37. The lowest BCUT2D eigenvalue weighted by molar-refractivity contribution is 0.475. The highest BCUT2D eigenvalue weighted by Crippen LogP contribution is 2.37. The Kier molecular flexibility index (Phi) is 11.7. The molecule has 0 bridgehead atoms. The number of phenols is 2. The van der Waals surface area contributed by atoms with Crippen LogP contribution in [0, 0.1) is 22.7 Å². The minimum Gasteiger partial charge on any atom is -0.508 e. The molecule has 0 saturated heterocycles. The van der Waals surface area contributed by atoms with Crippen LogP contribution < -0.4 is 32.5 Å². The summed E-state index contributed by atoms with van der Waals surface area (Å²) in [4.78, 5) is 10.5. The van der Waals surface area contributed by atoms with Crippen molar-refractivity contribution < 1.29 is 10.2 Å². The van der Waals surface area contributed by atoms with Gasteiger partial charge in [0.1, 0.15) is 34.8 Å². The number of aromatic hydroxyl groups is 2. The van der Waals surface area contributed by atoms with Gasteiger partial charge in [0, 0.05) is 32.9 Å². The number of benzene rings is 8. The van der Waals surface area contributed by atoms with Crippen molar-refractivity contribution in [2.45, 2.75) is 0 Å². The molecule has 0 atom stereocenters. The maximum atomic E-state index is 12.1. The van der Waals surface area contributed by atoms with Gasteiger partial charge in [0.25, 0.3) is 0 Å². The van der Waals surface area contributed by atoms with Crippen LogP contribution in [0.5, 0.6) is 11.5 Å². The molecule has 12 rings (SSSR count). The fourth-order valence-corrected chi connectivity index (χ4v) is 10.6. The number of aromatic nitrogens is 4. The lowest BCUT2D eigenvalue weighted by Gasteiger charge is -2.24. The number of phenolic OH excluding ortho intramolecular Hbond substituents is 2. The van der Waals surface area contributed by atoms with E-state index in [0.29, 0.717) is 55.4 Å². The smallest absolute Gasteiger partial charge is 0.328 e. The van der Waals surface area contributed by atoms with Crippen LogP contribution in [0.25, 0.3) is 66.2 Å². The number of pyridine rings is 2. The third-order valence-electron chi connectivity index (χ3n) is 13.8. The molecule has 0 saturated carbocycles. The van der Waals surface area contributed by atoms with Gasteiger partial charge in [-0.15, -0.1) is 0 Å². The van der Waals surface area contributed by atoms with E-state index in [2.05, 4.69) is 69.6 Å². The molecular weight excluding hydrogens is 906 g/mol. The molecule has 346 valence electrons. The molecule has 4 heterocycles. The molecule has 0 aliphatic heterocycles. The van der Waals surface area contributed by atoms with Crippen LogP contribution in [0.3, 0.4) is 0 Å². The first-order chi connectivity index (χ1) is 36.5. The summed E-state index contributed by atoms with van der Waals surface area (Å²) in [7, 11) is 0. The van der Waals surface area contributed by atoms with Crippen LogP contribution in [0.1, 0.15) is 11.4 Å². The molecule has 10 heteroatoms. The molecule has 0 fully saturated rings. The van der Waals surface area contributed by atoms with Crippen molar-refractivity contribution in [1.29, 1.82) is 10.5 Å². The number of hydrogen-bond donors (Lipinski definition) is 2. The van der Waals surface area contributed by atoms with Gasteiger partial charge in [-0.1, -0.05) is 192 Å². The van der Waals surface area contributed by atoms with Gasteiger partial charge in [-0.2, -0.15) is 10.5 Å². The Morgan fingerprint density at radius 3 is 1.00 bits per heavy atom. The lowest BCUT2D eigenvalue weighted by Crippen LogP contribution is -2.54. The summed E-state index contributed by atoms with van der Waals surface area (Å²) in [6, 6.07) is 84.2. The SMILES string of the molecule is N#C/C(c1ccc2ccccc2n1)=c1\c2c(-c3ccc(O)cc3)n(B(c3ccccc3)c3ccccc3)/c(=C(/C#N)c3ccc4ccccc4n3)c2c(-c2ccc(O)cc2)n1B(c1ccccc1)c1ccccc1. The van der Waals surface area contributed by atoms with E-state index in [4.69, 9.17) is 9.97 Å². The van der Waals surface area contributed by atoms with Gasteiger partial charge < -0.3 is 19.2 Å². The molecule has 8 nitrogen and oxygen atoms in total. The van der Waals surface area contributed by atoms with Crippen molar-refractivity contribution in [3.05, 3.63) is 265 Å². The van der Waals surface area contributed by atoms with Crippen LogP contribution in [-0.4, -0.2) is 42.8 Å². The van der Waals surface area contributed by atoms with Crippen molar-refractivity contribution in [2.75, 3.05) is 0 Å². The monoisotopic (exact) mass is 948 g/mol. The van der Waals surface area contributed by atoms with E-state index >= 15 is 0 Å². The van der Waals surface area contributed by atoms with E-state index in [1.54, 1.807) is 24.3 Å². The maximum Gasteiger partial charge on any atom is 0.328 e. The second-order valence-corrected chi connectivity index (χ2v) is 18.2. The first-order valence-corrected chi connectivity index (χ1v) is 24.4. The van der Waals surface area contributed by atoms with Crippen molar-refractivity contribution in [3.63, 3.8) is 0 Å². The Balaban J connectivity index is 1.45. The van der Waals surface area contributed by atoms with Gasteiger partial charge in [0.2, 0.25) is 0 Å². The molecule has 12 aromatic rings. The summed E-state index contributed by atoms with van der Waals surface area (Å²) in [6.07, 6.45) is 0. The zero-order valence-electron chi connectivity index (χ0n) is 39.8. The zero-order chi connectivity index (χ0) is 50.1. The second-order valence-electron chi connectivity index (χ2n) is 18.2. The number of para-hydroxylation sites is 2. The quantitative estimate of drug-likeness (QED) is 0.132. The Hall–Kier alpha value is -10.2. The summed E-state index contributed by atoms with van der Waals surface area (Å²) in [5, 5.41) is 50.6. The zero-order valence-corrected chi connectivity index (χ0v) is 39.8. The first-order valence-electron chi connectivity index (χ1n) is 24.4. The Bertz CT molecular complexity index is 3930. The predicted octanol–water partition coefficient (Wildman–Crippen LogP) is 9.04. The third kappa shape index (κ3) is 7.94. The Morgan fingerprint density at radius 1 is 0.365 bits per heavy atom. The summed E-state index contributed by atoms with van der Waals surface area (Å²) in [5.74, 6) is 0.159. The van der Waals surface area contributed by atoms with Gasteiger partial charge >= 0.3 is 13.7 Å². The van der Waals surface area contributed by atoms with Gasteiger partial charge in [0.05, 0.1) is 33.1 Å². The fraction of sp³-hybridized carbons (Fsp3) is 0. The number of nitrogens with zero attached hydrogens (tertiary/aromatic N) is 6.